The Kier molecular flexibility index (Phi) is 11.6. The minimum atomic E-state index is -1.20. The fourth-order valence-corrected chi connectivity index (χ4v) is 9.01. The number of methoxy groups -OCH3 is 1. The topological polar surface area (TPSA) is 214 Å². The van der Waals surface area contributed by atoms with Gasteiger partial charge in [0, 0.05) is 42.2 Å². The highest BCUT2D eigenvalue weighted by Crippen LogP contribution is 2.38. The van der Waals surface area contributed by atoms with Crippen molar-refractivity contribution in [1.82, 2.24) is 40.0 Å². The van der Waals surface area contributed by atoms with Gasteiger partial charge in [0.1, 0.15) is 35.1 Å². The summed E-state index contributed by atoms with van der Waals surface area (Å²) in [4.78, 5) is 73.0. The number of likely N-dealkylation sites (tertiary alicyclic amines) is 2. The maximum atomic E-state index is 14.0. The molecule has 4 N–H and O–H groups in total. The second kappa shape index (κ2) is 17.9. The number of carbonyl (C=O) groups excluding carboxylic acids is 3. The number of nitriles is 1. The van der Waals surface area contributed by atoms with E-state index in [1.165, 1.54) is 14.2 Å². The Hall–Kier alpha value is -8.19. The molecule has 4 amide bonds. The molecule has 2 aliphatic rings. The zero-order valence-corrected chi connectivity index (χ0v) is 35.6. The smallest absolute Gasteiger partial charge is 0.407 e. The summed E-state index contributed by atoms with van der Waals surface area (Å²) in [5.74, 6) is 1.16. The molecule has 0 bridgehead atoms. The number of aromatic nitrogens is 4. The number of furan rings is 1. The van der Waals surface area contributed by atoms with Crippen molar-refractivity contribution in [2.45, 2.75) is 49.9 Å². The third-order valence-electron chi connectivity index (χ3n) is 12.3. The third-order valence-corrected chi connectivity index (χ3v) is 12.3. The Morgan fingerprint density at radius 3 is 2.00 bits per heavy atom. The van der Waals surface area contributed by atoms with Crippen molar-refractivity contribution in [2.75, 3.05) is 27.2 Å². The number of hydrogen-bond donors (Lipinski definition) is 4. The van der Waals surface area contributed by atoms with Crippen molar-refractivity contribution in [3.05, 3.63) is 144 Å². The number of hydrogen-bond acceptors (Lipinski definition) is 9. The predicted molar refractivity (Wildman–Crippen MR) is 239 cm³/mol. The molecule has 0 aliphatic carbocycles. The van der Waals surface area contributed by atoms with Crippen molar-refractivity contribution >= 4 is 35.0 Å². The molecule has 328 valence electrons. The number of benzene rings is 4. The first-order chi connectivity index (χ1) is 31.6. The molecule has 65 heavy (non-hydrogen) atoms. The van der Waals surface area contributed by atoms with Crippen molar-refractivity contribution in [2.24, 2.45) is 0 Å². The van der Waals surface area contributed by atoms with Gasteiger partial charge in [-0.1, -0.05) is 66.7 Å². The SMILES string of the molecule is COC(=O)N[C@@H](C(=O)N1CCC[C@H]1c1ncc(-c2ccc3oc(-c4ccc(-c5cnc([C@@H]6CCCN6C(=O)[C@@H](c6ccccc6)N(C)C(=O)O)[nH]5)cc4C#N)cc3c2)[nH]1)c1ccccc1. The van der Waals surface area contributed by atoms with Crippen LogP contribution in [0.4, 0.5) is 9.59 Å². The van der Waals surface area contributed by atoms with Crippen LogP contribution in [0, 0.1) is 11.3 Å². The minimum absolute atomic E-state index is 0.251. The van der Waals surface area contributed by atoms with E-state index in [9.17, 15) is 29.5 Å². The van der Waals surface area contributed by atoms with Gasteiger partial charge in [-0.3, -0.25) is 14.5 Å². The van der Waals surface area contributed by atoms with Gasteiger partial charge in [-0.05, 0) is 73.2 Å². The zero-order chi connectivity index (χ0) is 45.2. The van der Waals surface area contributed by atoms with E-state index in [4.69, 9.17) is 14.1 Å². The lowest BCUT2D eigenvalue weighted by atomic mass is 10.0. The first kappa shape index (κ1) is 42.1. The van der Waals surface area contributed by atoms with E-state index < -0.39 is 24.3 Å². The monoisotopic (exact) mass is 871 g/mol. The van der Waals surface area contributed by atoms with Crippen molar-refractivity contribution in [3.63, 3.8) is 0 Å². The molecule has 4 atom stereocenters. The number of aromatic amines is 2. The van der Waals surface area contributed by atoms with Crippen LogP contribution in [-0.4, -0.2) is 91.0 Å². The van der Waals surface area contributed by atoms with Crippen LogP contribution < -0.4 is 5.32 Å². The van der Waals surface area contributed by atoms with Gasteiger partial charge in [-0.25, -0.2) is 19.6 Å². The van der Waals surface area contributed by atoms with Gasteiger partial charge >= 0.3 is 12.2 Å². The van der Waals surface area contributed by atoms with Gasteiger partial charge in [-0.15, -0.1) is 0 Å². The molecule has 3 aromatic heterocycles. The number of likely N-dealkylation sites (N-methyl/N-ethyl adjacent to an activating group) is 1. The minimum Gasteiger partial charge on any atom is -0.465 e. The number of carboxylic acid groups (broad SMARTS) is 1. The number of nitrogens with one attached hydrogen (secondary N) is 3. The highest BCUT2D eigenvalue weighted by molar-refractivity contribution is 5.90. The van der Waals surface area contributed by atoms with Crippen molar-refractivity contribution in [3.8, 4) is 39.9 Å². The molecular formula is C49H45N9O7. The first-order valence-corrected chi connectivity index (χ1v) is 21.3. The normalized spacial score (nSPS) is 16.8. The first-order valence-electron chi connectivity index (χ1n) is 21.3. The molecular weight excluding hydrogens is 827 g/mol. The number of rotatable bonds is 11. The summed E-state index contributed by atoms with van der Waals surface area (Å²) in [6.45, 7) is 0.971. The summed E-state index contributed by atoms with van der Waals surface area (Å²) < 4.78 is 11.1. The summed E-state index contributed by atoms with van der Waals surface area (Å²) in [7, 11) is 2.66. The highest BCUT2D eigenvalue weighted by Gasteiger charge is 2.40. The van der Waals surface area contributed by atoms with Crippen LogP contribution in [0.1, 0.15) is 78.2 Å². The van der Waals surface area contributed by atoms with E-state index in [0.717, 1.165) is 39.9 Å². The number of alkyl carbamates (subject to hydrolysis) is 1. The third kappa shape index (κ3) is 8.27. The van der Waals surface area contributed by atoms with Crippen LogP contribution in [-0.2, 0) is 14.3 Å². The van der Waals surface area contributed by atoms with Crippen LogP contribution >= 0.6 is 0 Å². The van der Waals surface area contributed by atoms with Crippen LogP contribution in [0.25, 0.3) is 44.8 Å². The van der Waals surface area contributed by atoms with E-state index in [-0.39, 0.29) is 23.9 Å². The zero-order valence-electron chi connectivity index (χ0n) is 35.6. The van der Waals surface area contributed by atoms with Crippen LogP contribution in [0.5, 0.6) is 0 Å². The Morgan fingerprint density at radius 1 is 0.815 bits per heavy atom. The number of ether oxygens (including phenoxy) is 1. The van der Waals surface area contributed by atoms with Gasteiger partial charge < -0.3 is 39.3 Å². The number of fused-ring (bicyclic) bond motifs is 1. The molecule has 2 saturated heterocycles. The lowest BCUT2D eigenvalue weighted by Crippen LogP contribution is -2.43. The van der Waals surface area contributed by atoms with Crippen LogP contribution in [0.2, 0.25) is 0 Å². The molecule has 5 heterocycles. The highest BCUT2D eigenvalue weighted by atomic mass is 16.5. The Labute approximate surface area is 373 Å². The van der Waals surface area contributed by atoms with Crippen LogP contribution in [0.3, 0.4) is 0 Å². The summed E-state index contributed by atoms with van der Waals surface area (Å²) in [5, 5.41) is 23.7. The molecule has 4 aromatic carbocycles. The molecule has 2 fully saturated rings. The van der Waals surface area contributed by atoms with Gasteiger partial charge in [0.05, 0.1) is 54.6 Å². The molecule has 2 aliphatic heterocycles. The van der Waals surface area contributed by atoms with Crippen molar-refractivity contribution in [1.29, 1.82) is 5.26 Å². The van der Waals surface area contributed by atoms with E-state index in [0.29, 0.717) is 76.9 Å². The number of nitrogens with zero attached hydrogens (tertiary/aromatic N) is 6. The Bertz CT molecular complexity index is 2940. The number of H-pyrrole nitrogens is 2. The number of carbonyl (C=O) groups is 4. The van der Waals surface area contributed by atoms with E-state index in [1.54, 1.807) is 64.7 Å². The van der Waals surface area contributed by atoms with E-state index in [1.807, 2.05) is 60.7 Å². The molecule has 0 radical (unpaired) electrons. The summed E-state index contributed by atoms with van der Waals surface area (Å²) >= 11 is 0. The molecule has 0 spiro atoms. The maximum Gasteiger partial charge on any atom is 0.407 e. The molecule has 9 rings (SSSR count). The van der Waals surface area contributed by atoms with Gasteiger partial charge in [0.2, 0.25) is 0 Å². The van der Waals surface area contributed by atoms with Gasteiger partial charge in [-0.2, -0.15) is 5.26 Å². The second-order valence-electron chi connectivity index (χ2n) is 16.2. The van der Waals surface area contributed by atoms with Crippen molar-refractivity contribution < 1.29 is 33.4 Å². The molecule has 0 unspecified atom stereocenters. The predicted octanol–water partition coefficient (Wildman–Crippen LogP) is 8.53. The number of amides is 4. The fraction of sp³-hybridized carbons (Fsp3) is 0.245. The lowest BCUT2D eigenvalue weighted by Gasteiger charge is -2.32. The molecule has 16 nitrogen and oxygen atoms in total. The molecule has 16 heteroatoms. The quantitative estimate of drug-likeness (QED) is 0.0972. The lowest BCUT2D eigenvalue weighted by molar-refractivity contribution is -0.137. The largest absolute Gasteiger partial charge is 0.465 e. The Balaban J connectivity index is 0.920. The summed E-state index contributed by atoms with van der Waals surface area (Å²) in [5.41, 5.74) is 5.87. The van der Waals surface area contributed by atoms with Gasteiger partial charge in [0.15, 0.2) is 0 Å². The van der Waals surface area contributed by atoms with Gasteiger partial charge in [0.25, 0.3) is 11.8 Å². The summed E-state index contributed by atoms with van der Waals surface area (Å²) in [6, 6.07) is 30.8. The second-order valence-corrected chi connectivity index (χ2v) is 16.2. The van der Waals surface area contributed by atoms with E-state index in [2.05, 4.69) is 26.3 Å². The summed E-state index contributed by atoms with van der Waals surface area (Å²) in [6.07, 6.45) is 4.39. The standard InChI is InChI=1S/C49H45N9O7/c1-56(49(62)63)43(30-13-7-4-8-14-30)47(60)58-22-10-16-39(58)45-52-27-36(53-45)31-17-19-35(34(24-31)26-50)41-25-33-23-32(18-20-40(33)65-41)37-28-51-44(54-37)38-15-9-21-57(38)46(59)42(55-48(61)64-2)29-11-5-3-6-12-29/h3-8,11-14,17-20,23-25,27-28,38-39,42-43H,9-10,15-16,21-22H2,1-2H3,(H,51,54)(H,52,53)(H,55,61)(H,62,63)/t38-,39-,42+,43+/m0/s1. The molecule has 0 saturated carbocycles. The Morgan fingerprint density at radius 2 is 1.40 bits per heavy atom. The number of imidazole rings is 2. The average molecular weight is 872 g/mol. The fourth-order valence-electron chi connectivity index (χ4n) is 9.01. The molecule has 7 aromatic rings. The average Bonchev–Trinajstić information content (AvgIpc) is 4.20. The van der Waals surface area contributed by atoms with E-state index >= 15 is 0 Å². The maximum absolute atomic E-state index is 14.0. The van der Waals surface area contributed by atoms with Crippen LogP contribution in [0.15, 0.2) is 120 Å².